The molecule has 0 aliphatic heterocycles. The second kappa shape index (κ2) is 5.58. The van der Waals surface area contributed by atoms with E-state index in [1.54, 1.807) is 0 Å². The van der Waals surface area contributed by atoms with Crippen LogP contribution >= 0.6 is 15.9 Å². The molecular formula is C15H16BrN3. The summed E-state index contributed by atoms with van der Waals surface area (Å²) in [7, 11) is 1.95. The first kappa shape index (κ1) is 13.8. The number of hydrogen-bond donors (Lipinski definition) is 0. The maximum atomic E-state index is 8.79. The minimum atomic E-state index is 0.318. The van der Waals surface area contributed by atoms with Crippen LogP contribution in [0.5, 0.6) is 0 Å². The van der Waals surface area contributed by atoms with E-state index in [0.29, 0.717) is 12.3 Å². The number of imidazole rings is 1. The molecular weight excluding hydrogens is 302 g/mol. The molecule has 98 valence electrons. The Balaban J connectivity index is 2.42. The van der Waals surface area contributed by atoms with E-state index >= 15 is 0 Å². The highest BCUT2D eigenvalue weighted by Gasteiger charge is 2.13. The Hall–Kier alpha value is -1.60. The van der Waals surface area contributed by atoms with Gasteiger partial charge < -0.3 is 4.57 Å². The van der Waals surface area contributed by atoms with Gasteiger partial charge in [0.2, 0.25) is 0 Å². The Morgan fingerprint density at radius 1 is 1.32 bits per heavy atom. The van der Waals surface area contributed by atoms with E-state index < -0.39 is 0 Å². The Morgan fingerprint density at radius 2 is 1.95 bits per heavy atom. The second-order valence-corrected chi connectivity index (χ2v) is 5.59. The Morgan fingerprint density at radius 3 is 2.47 bits per heavy atom. The van der Waals surface area contributed by atoms with E-state index in [0.717, 1.165) is 21.7 Å². The molecule has 0 unspecified atom stereocenters. The molecule has 0 aliphatic rings. The summed E-state index contributed by atoms with van der Waals surface area (Å²) in [6.07, 6.45) is 0.318. The summed E-state index contributed by atoms with van der Waals surface area (Å²) in [5.41, 5.74) is 3.17. The average molecular weight is 318 g/mol. The van der Waals surface area contributed by atoms with Crippen molar-refractivity contribution >= 4 is 15.9 Å². The first-order valence-corrected chi connectivity index (χ1v) is 7.02. The topological polar surface area (TPSA) is 41.6 Å². The Bertz CT molecular complexity index is 618. The summed E-state index contributed by atoms with van der Waals surface area (Å²) in [6.45, 7) is 4.36. The van der Waals surface area contributed by atoms with Gasteiger partial charge in [-0.25, -0.2) is 4.98 Å². The van der Waals surface area contributed by atoms with Crippen LogP contribution in [0.25, 0.3) is 11.4 Å². The first-order valence-electron chi connectivity index (χ1n) is 6.23. The minimum Gasteiger partial charge on any atom is -0.322 e. The SMILES string of the molecule is CC(C)c1ccc(-c2nc(CC#N)c(Br)n2C)cc1. The lowest BCUT2D eigenvalue weighted by molar-refractivity contribution is 0.865. The normalized spacial score (nSPS) is 10.7. The van der Waals surface area contributed by atoms with Crippen LogP contribution in [0.2, 0.25) is 0 Å². The highest BCUT2D eigenvalue weighted by Crippen LogP contribution is 2.26. The molecule has 0 aliphatic carbocycles. The van der Waals surface area contributed by atoms with E-state index in [2.05, 4.69) is 65.1 Å². The quantitative estimate of drug-likeness (QED) is 0.857. The van der Waals surface area contributed by atoms with Crippen molar-refractivity contribution < 1.29 is 0 Å². The van der Waals surface area contributed by atoms with E-state index in [4.69, 9.17) is 5.26 Å². The lowest BCUT2D eigenvalue weighted by Crippen LogP contribution is -1.93. The van der Waals surface area contributed by atoms with E-state index in [-0.39, 0.29) is 0 Å². The minimum absolute atomic E-state index is 0.318. The molecule has 3 nitrogen and oxygen atoms in total. The molecule has 1 aromatic carbocycles. The molecule has 19 heavy (non-hydrogen) atoms. The molecule has 0 bridgehead atoms. The summed E-state index contributed by atoms with van der Waals surface area (Å²) < 4.78 is 2.84. The Kier molecular flexibility index (Phi) is 4.06. The summed E-state index contributed by atoms with van der Waals surface area (Å²) >= 11 is 3.49. The van der Waals surface area contributed by atoms with Crippen molar-refractivity contribution in [3.8, 4) is 17.5 Å². The highest BCUT2D eigenvalue weighted by molar-refractivity contribution is 9.10. The van der Waals surface area contributed by atoms with Crippen LogP contribution in [0, 0.1) is 11.3 Å². The van der Waals surface area contributed by atoms with Crippen LogP contribution in [0.15, 0.2) is 28.9 Å². The fourth-order valence-electron chi connectivity index (χ4n) is 2.00. The number of nitriles is 1. The number of halogens is 1. The molecule has 0 radical (unpaired) electrons. The van der Waals surface area contributed by atoms with Crippen molar-refractivity contribution in [2.45, 2.75) is 26.2 Å². The fourth-order valence-corrected chi connectivity index (χ4v) is 2.39. The molecule has 0 atom stereocenters. The number of benzene rings is 1. The predicted octanol–water partition coefficient (Wildman–Crippen LogP) is 4.04. The van der Waals surface area contributed by atoms with Gasteiger partial charge in [0.05, 0.1) is 18.2 Å². The zero-order valence-electron chi connectivity index (χ0n) is 11.3. The molecule has 0 fully saturated rings. The van der Waals surface area contributed by atoms with Crippen molar-refractivity contribution in [2.75, 3.05) is 0 Å². The number of aromatic nitrogens is 2. The monoisotopic (exact) mass is 317 g/mol. The van der Waals surface area contributed by atoms with Crippen molar-refractivity contribution in [3.05, 3.63) is 40.1 Å². The maximum Gasteiger partial charge on any atom is 0.140 e. The molecule has 2 rings (SSSR count). The van der Waals surface area contributed by atoms with Crippen LogP contribution in [-0.4, -0.2) is 9.55 Å². The third-order valence-electron chi connectivity index (χ3n) is 3.17. The zero-order valence-corrected chi connectivity index (χ0v) is 12.9. The molecule has 0 N–H and O–H groups in total. The van der Waals surface area contributed by atoms with E-state index in [9.17, 15) is 0 Å². The van der Waals surface area contributed by atoms with Gasteiger partial charge in [-0.1, -0.05) is 38.1 Å². The van der Waals surface area contributed by atoms with Gasteiger partial charge in [-0.15, -0.1) is 0 Å². The number of hydrogen-bond acceptors (Lipinski definition) is 2. The third-order valence-corrected chi connectivity index (χ3v) is 4.16. The maximum absolute atomic E-state index is 8.79. The summed E-state index contributed by atoms with van der Waals surface area (Å²) in [5, 5.41) is 8.79. The first-order chi connectivity index (χ1) is 9.04. The molecule has 2 aromatic rings. The Labute approximate surface area is 122 Å². The summed E-state index contributed by atoms with van der Waals surface area (Å²) in [5.74, 6) is 1.41. The zero-order chi connectivity index (χ0) is 14.0. The van der Waals surface area contributed by atoms with Crippen LogP contribution < -0.4 is 0 Å². The smallest absolute Gasteiger partial charge is 0.140 e. The van der Waals surface area contributed by atoms with Gasteiger partial charge in [0.15, 0.2) is 0 Å². The lowest BCUT2D eigenvalue weighted by Gasteiger charge is -2.07. The van der Waals surface area contributed by atoms with Gasteiger partial charge in [0, 0.05) is 12.6 Å². The van der Waals surface area contributed by atoms with Crippen LogP contribution in [0.4, 0.5) is 0 Å². The van der Waals surface area contributed by atoms with Crippen LogP contribution in [0.3, 0.4) is 0 Å². The number of rotatable bonds is 3. The molecule has 4 heteroatoms. The third kappa shape index (κ3) is 2.71. The molecule has 0 saturated carbocycles. The van der Waals surface area contributed by atoms with Gasteiger partial charge in [-0.3, -0.25) is 0 Å². The molecule has 1 aromatic heterocycles. The van der Waals surface area contributed by atoms with Gasteiger partial charge in [-0.05, 0) is 27.4 Å². The highest BCUT2D eigenvalue weighted by atomic mass is 79.9. The molecule has 0 saturated heterocycles. The van der Waals surface area contributed by atoms with Gasteiger partial charge in [0.1, 0.15) is 10.4 Å². The number of nitrogens with zero attached hydrogens (tertiary/aromatic N) is 3. The summed E-state index contributed by atoms with van der Waals surface area (Å²) in [4.78, 5) is 4.54. The van der Waals surface area contributed by atoms with Crippen molar-refractivity contribution in [1.82, 2.24) is 9.55 Å². The molecule has 1 heterocycles. The summed E-state index contributed by atoms with van der Waals surface area (Å²) in [6, 6.07) is 10.6. The van der Waals surface area contributed by atoms with Gasteiger partial charge >= 0.3 is 0 Å². The van der Waals surface area contributed by atoms with Crippen LogP contribution in [-0.2, 0) is 13.5 Å². The van der Waals surface area contributed by atoms with E-state index in [1.807, 2.05) is 11.6 Å². The van der Waals surface area contributed by atoms with Crippen molar-refractivity contribution in [3.63, 3.8) is 0 Å². The standard InChI is InChI=1S/C15H16BrN3/c1-10(2)11-4-6-12(7-5-11)15-18-13(8-9-17)14(16)19(15)3/h4-7,10H,8H2,1-3H3. The van der Waals surface area contributed by atoms with E-state index in [1.165, 1.54) is 5.56 Å². The van der Waals surface area contributed by atoms with Gasteiger partial charge in [-0.2, -0.15) is 5.26 Å². The predicted molar refractivity (Wildman–Crippen MR) is 79.8 cm³/mol. The average Bonchev–Trinajstić information content (AvgIpc) is 2.68. The molecule has 0 spiro atoms. The van der Waals surface area contributed by atoms with Crippen molar-refractivity contribution in [2.24, 2.45) is 7.05 Å². The fraction of sp³-hybridized carbons (Fsp3) is 0.333. The lowest BCUT2D eigenvalue weighted by atomic mass is 10.0. The largest absolute Gasteiger partial charge is 0.322 e. The molecule has 0 amide bonds. The van der Waals surface area contributed by atoms with Crippen LogP contribution in [0.1, 0.15) is 31.0 Å². The second-order valence-electron chi connectivity index (χ2n) is 4.84. The van der Waals surface area contributed by atoms with Gasteiger partial charge in [0.25, 0.3) is 0 Å². The van der Waals surface area contributed by atoms with Crippen molar-refractivity contribution in [1.29, 1.82) is 5.26 Å².